The normalized spacial score (nSPS) is 10.3. The lowest BCUT2D eigenvalue weighted by Gasteiger charge is -2.08. The zero-order chi connectivity index (χ0) is 14.9. The maximum absolute atomic E-state index is 12.3. The third-order valence-corrected chi connectivity index (χ3v) is 2.98. The quantitative estimate of drug-likeness (QED) is 0.853. The van der Waals surface area contributed by atoms with Crippen LogP contribution in [0.4, 0.5) is 0 Å². The van der Waals surface area contributed by atoms with E-state index < -0.39 is 22.9 Å². The summed E-state index contributed by atoms with van der Waals surface area (Å²) in [6.07, 6.45) is 0. The largest absolute Gasteiger partial charge is 0.465 e. The van der Waals surface area contributed by atoms with E-state index in [1.165, 1.54) is 18.2 Å². The van der Waals surface area contributed by atoms with Crippen molar-refractivity contribution in [3.05, 3.63) is 44.7 Å². The third-order valence-electron chi connectivity index (χ3n) is 2.74. The molecule has 0 amide bonds. The second-order valence-electron chi connectivity index (χ2n) is 3.88. The van der Waals surface area contributed by atoms with Crippen LogP contribution in [0.25, 0.3) is 10.9 Å². The van der Waals surface area contributed by atoms with Gasteiger partial charge in [-0.05, 0) is 18.2 Å². The van der Waals surface area contributed by atoms with E-state index in [1.54, 1.807) is 0 Å². The van der Waals surface area contributed by atoms with Crippen LogP contribution >= 0.6 is 11.6 Å². The number of fused-ring (bicyclic) bond motifs is 1. The van der Waals surface area contributed by atoms with Crippen LogP contribution in [-0.2, 0) is 9.47 Å². The number of rotatable bonds is 2. The molecule has 0 bridgehead atoms. The number of hydrogen-bond acceptors (Lipinski definition) is 5. The summed E-state index contributed by atoms with van der Waals surface area (Å²) in [5.74, 6) is -1.76. The van der Waals surface area contributed by atoms with Crippen molar-refractivity contribution >= 4 is 34.4 Å². The summed E-state index contributed by atoms with van der Waals surface area (Å²) in [7, 11) is 2.26. The number of carbonyl (C=O) groups is 2. The first-order valence-corrected chi connectivity index (χ1v) is 5.89. The second kappa shape index (κ2) is 5.34. The Balaban J connectivity index is 2.90. The molecule has 0 aliphatic heterocycles. The third kappa shape index (κ3) is 2.25. The summed E-state index contributed by atoms with van der Waals surface area (Å²) in [5.41, 5.74) is -0.952. The highest BCUT2D eigenvalue weighted by atomic mass is 35.5. The molecular weight excluding hydrogens is 286 g/mol. The van der Waals surface area contributed by atoms with Crippen molar-refractivity contribution in [3.8, 4) is 0 Å². The number of ether oxygens (including phenoxy) is 2. The van der Waals surface area contributed by atoms with Gasteiger partial charge in [0.15, 0.2) is 0 Å². The van der Waals surface area contributed by atoms with Crippen LogP contribution in [0.1, 0.15) is 20.8 Å². The molecule has 0 radical (unpaired) electrons. The number of methoxy groups -OCH3 is 2. The average molecular weight is 296 g/mol. The van der Waals surface area contributed by atoms with Crippen molar-refractivity contribution in [2.45, 2.75) is 0 Å². The molecule has 7 heteroatoms. The highest BCUT2D eigenvalue weighted by molar-refractivity contribution is 6.31. The Kier molecular flexibility index (Phi) is 3.76. The first-order valence-electron chi connectivity index (χ1n) is 5.51. The summed E-state index contributed by atoms with van der Waals surface area (Å²) in [4.78, 5) is 38.4. The molecule has 104 valence electrons. The zero-order valence-corrected chi connectivity index (χ0v) is 11.4. The minimum absolute atomic E-state index is 0.224. The van der Waals surface area contributed by atoms with E-state index in [-0.39, 0.29) is 11.1 Å². The number of aromatic nitrogens is 1. The highest BCUT2D eigenvalue weighted by Gasteiger charge is 2.24. The summed E-state index contributed by atoms with van der Waals surface area (Å²) in [6.45, 7) is 0. The first-order chi connectivity index (χ1) is 9.49. The molecule has 0 saturated carbocycles. The van der Waals surface area contributed by atoms with Gasteiger partial charge in [-0.1, -0.05) is 11.6 Å². The zero-order valence-electron chi connectivity index (χ0n) is 10.7. The van der Waals surface area contributed by atoms with E-state index in [2.05, 4.69) is 14.5 Å². The average Bonchev–Trinajstić information content (AvgIpc) is 2.45. The van der Waals surface area contributed by atoms with Crippen LogP contribution in [0.15, 0.2) is 23.0 Å². The predicted octanol–water partition coefficient (Wildman–Crippen LogP) is 1.75. The van der Waals surface area contributed by atoms with Crippen LogP contribution in [0.2, 0.25) is 5.02 Å². The van der Waals surface area contributed by atoms with E-state index in [1.807, 2.05) is 0 Å². The number of benzene rings is 1. The summed E-state index contributed by atoms with van der Waals surface area (Å²) in [6, 6.07) is 4.45. The summed E-state index contributed by atoms with van der Waals surface area (Å²) < 4.78 is 9.09. The smallest absolute Gasteiger partial charge is 0.355 e. The minimum Gasteiger partial charge on any atom is -0.465 e. The maximum atomic E-state index is 12.3. The van der Waals surface area contributed by atoms with Gasteiger partial charge in [0.05, 0.1) is 19.7 Å². The topological polar surface area (TPSA) is 85.5 Å². The minimum atomic E-state index is -0.913. The molecule has 0 saturated heterocycles. The Morgan fingerprint density at radius 3 is 2.40 bits per heavy atom. The standard InChI is InChI=1S/C13H10ClNO5/c1-19-12(17)9-10(13(18)20-2)15-8-5-6(14)3-4-7(8)11(9)16/h3-5H,1-2H3,(H,15,16). The van der Waals surface area contributed by atoms with Crippen LogP contribution in [0, 0.1) is 0 Å². The van der Waals surface area contributed by atoms with Crippen LogP contribution < -0.4 is 5.43 Å². The van der Waals surface area contributed by atoms with Crippen molar-refractivity contribution in [3.63, 3.8) is 0 Å². The molecule has 1 heterocycles. The Labute approximate surface area is 118 Å². The number of hydrogen-bond donors (Lipinski definition) is 1. The lowest BCUT2D eigenvalue weighted by molar-refractivity contribution is 0.0549. The molecule has 0 spiro atoms. The molecule has 6 nitrogen and oxygen atoms in total. The highest BCUT2D eigenvalue weighted by Crippen LogP contribution is 2.18. The fourth-order valence-electron chi connectivity index (χ4n) is 1.82. The molecule has 0 aliphatic rings. The maximum Gasteiger partial charge on any atom is 0.355 e. The molecule has 1 N–H and O–H groups in total. The van der Waals surface area contributed by atoms with Crippen molar-refractivity contribution in [2.24, 2.45) is 0 Å². The molecular formula is C13H10ClNO5. The van der Waals surface area contributed by atoms with Gasteiger partial charge in [-0.2, -0.15) is 0 Å². The van der Waals surface area contributed by atoms with Gasteiger partial charge < -0.3 is 14.5 Å². The lowest BCUT2D eigenvalue weighted by Crippen LogP contribution is -2.24. The van der Waals surface area contributed by atoms with E-state index in [9.17, 15) is 14.4 Å². The number of nitrogens with one attached hydrogen (secondary N) is 1. The van der Waals surface area contributed by atoms with Crippen molar-refractivity contribution in [1.29, 1.82) is 0 Å². The van der Waals surface area contributed by atoms with Gasteiger partial charge in [-0.15, -0.1) is 0 Å². The van der Waals surface area contributed by atoms with Gasteiger partial charge in [-0.25, -0.2) is 9.59 Å². The van der Waals surface area contributed by atoms with E-state index in [0.717, 1.165) is 14.2 Å². The van der Waals surface area contributed by atoms with E-state index in [4.69, 9.17) is 11.6 Å². The number of halogens is 1. The van der Waals surface area contributed by atoms with Crippen LogP contribution in [0.3, 0.4) is 0 Å². The molecule has 2 rings (SSSR count). The number of pyridine rings is 1. The number of H-pyrrole nitrogens is 1. The van der Waals surface area contributed by atoms with Gasteiger partial charge in [0.2, 0.25) is 5.43 Å². The van der Waals surface area contributed by atoms with E-state index >= 15 is 0 Å². The molecule has 1 aromatic carbocycles. The molecule has 1 aromatic heterocycles. The number of aromatic amines is 1. The lowest BCUT2D eigenvalue weighted by atomic mass is 10.1. The van der Waals surface area contributed by atoms with Crippen molar-refractivity contribution < 1.29 is 19.1 Å². The monoisotopic (exact) mass is 295 g/mol. The molecule has 20 heavy (non-hydrogen) atoms. The van der Waals surface area contributed by atoms with Gasteiger partial charge in [0.25, 0.3) is 0 Å². The SMILES string of the molecule is COC(=O)c1[nH]c2cc(Cl)ccc2c(=O)c1C(=O)OC. The molecule has 0 fully saturated rings. The Hall–Kier alpha value is -2.34. The Morgan fingerprint density at radius 2 is 1.80 bits per heavy atom. The van der Waals surface area contributed by atoms with Crippen LogP contribution in [0.5, 0.6) is 0 Å². The van der Waals surface area contributed by atoms with Gasteiger partial charge in [0.1, 0.15) is 11.3 Å². The molecule has 0 aliphatic carbocycles. The molecule has 2 aromatic rings. The van der Waals surface area contributed by atoms with Crippen molar-refractivity contribution in [1.82, 2.24) is 4.98 Å². The molecule has 0 atom stereocenters. The fourth-order valence-corrected chi connectivity index (χ4v) is 1.99. The Morgan fingerprint density at radius 1 is 1.15 bits per heavy atom. The first kappa shape index (κ1) is 14.1. The number of carbonyl (C=O) groups excluding carboxylic acids is 2. The summed E-state index contributed by atoms with van der Waals surface area (Å²) in [5, 5.41) is 0.609. The molecule has 0 unspecified atom stereocenters. The van der Waals surface area contributed by atoms with Crippen LogP contribution in [-0.4, -0.2) is 31.1 Å². The predicted molar refractivity (Wildman–Crippen MR) is 72.3 cm³/mol. The van der Waals surface area contributed by atoms with E-state index in [0.29, 0.717) is 10.5 Å². The van der Waals surface area contributed by atoms with Gasteiger partial charge in [0, 0.05) is 10.4 Å². The van der Waals surface area contributed by atoms with Crippen molar-refractivity contribution in [2.75, 3.05) is 14.2 Å². The Bertz CT molecular complexity index is 765. The summed E-state index contributed by atoms with van der Waals surface area (Å²) >= 11 is 5.84. The van der Waals surface area contributed by atoms with Gasteiger partial charge in [-0.3, -0.25) is 4.79 Å². The fraction of sp³-hybridized carbons (Fsp3) is 0.154. The second-order valence-corrected chi connectivity index (χ2v) is 4.31. The number of esters is 2. The van der Waals surface area contributed by atoms with Gasteiger partial charge >= 0.3 is 11.9 Å².